The average molecular weight is 251 g/mol. The van der Waals surface area contributed by atoms with Gasteiger partial charge in [0.1, 0.15) is 5.69 Å². The van der Waals surface area contributed by atoms with E-state index >= 15 is 0 Å². The SMILES string of the molecule is O=C(O)c1ccc(NCc2csc(=O)[nH]2)cn1. The Bertz CT molecular complexity index is 573. The van der Waals surface area contributed by atoms with Crippen LogP contribution in [-0.4, -0.2) is 21.0 Å². The Hall–Kier alpha value is -2.15. The van der Waals surface area contributed by atoms with Gasteiger partial charge in [0.15, 0.2) is 0 Å². The first-order valence-electron chi connectivity index (χ1n) is 4.75. The Morgan fingerprint density at radius 3 is 2.88 bits per heavy atom. The Balaban J connectivity index is 2.00. The molecule has 0 aromatic carbocycles. The van der Waals surface area contributed by atoms with Crippen molar-refractivity contribution in [1.29, 1.82) is 0 Å². The number of nitrogens with zero attached hydrogens (tertiary/aromatic N) is 1. The van der Waals surface area contributed by atoms with Crippen LogP contribution in [0, 0.1) is 0 Å². The summed E-state index contributed by atoms with van der Waals surface area (Å²) in [5.41, 5.74) is 1.48. The van der Waals surface area contributed by atoms with Crippen LogP contribution in [0.3, 0.4) is 0 Å². The lowest BCUT2D eigenvalue weighted by Crippen LogP contribution is -2.04. The van der Waals surface area contributed by atoms with Gasteiger partial charge < -0.3 is 15.4 Å². The van der Waals surface area contributed by atoms with Gasteiger partial charge in [-0.2, -0.15) is 0 Å². The highest BCUT2D eigenvalue weighted by molar-refractivity contribution is 7.07. The monoisotopic (exact) mass is 251 g/mol. The summed E-state index contributed by atoms with van der Waals surface area (Å²) in [7, 11) is 0. The van der Waals surface area contributed by atoms with Gasteiger partial charge in [-0.15, -0.1) is 0 Å². The molecule has 2 rings (SSSR count). The molecular weight excluding hydrogens is 242 g/mol. The molecule has 0 aliphatic carbocycles. The molecule has 88 valence electrons. The van der Waals surface area contributed by atoms with Gasteiger partial charge in [0.2, 0.25) is 0 Å². The van der Waals surface area contributed by atoms with Crippen molar-refractivity contribution in [2.75, 3.05) is 5.32 Å². The molecule has 2 aromatic rings. The summed E-state index contributed by atoms with van der Waals surface area (Å²) in [4.78, 5) is 27.8. The van der Waals surface area contributed by atoms with Crippen LogP contribution in [0.4, 0.5) is 5.69 Å². The number of nitrogens with one attached hydrogen (secondary N) is 2. The summed E-state index contributed by atoms with van der Waals surface area (Å²) < 4.78 is 0. The summed E-state index contributed by atoms with van der Waals surface area (Å²) >= 11 is 1.10. The van der Waals surface area contributed by atoms with Crippen LogP contribution in [-0.2, 0) is 6.54 Å². The third-order valence-corrected chi connectivity index (χ3v) is 2.75. The van der Waals surface area contributed by atoms with E-state index in [-0.39, 0.29) is 10.6 Å². The number of carboxylic acid groups (broad SMARTS) is 1. The third-order valence-electron chi connectivity index (χ3n) is 2.04. The first-order chi connectivity index (χ1) is 8.15. The molecule has 2 aromatic heterocycles. The Morgan fingerprint density at radius 1 is 1.53 bits per heavy atom. The number of carboxylic acids is 1. The summed E-state index contributed by atoms with van der Waals surface area (Å²) in [6.45, 7) is 0.465. The van der Waals surface area contributed by atoms with E-state index in [1.165, 1.54) is 12.3 Å². The quantitative estimate of drug-likeness (QED) is 0.757. The number of aromatic amines is 1. The zero-order valence-corrected chi connectivity index (χ0v) is 9.45. The standard InChI is InChI=1S/C10H9N3O3S/c14-9(15)8-2-1-6(3-12-8)11-4-7-5-17-10(16)13-7/h1-3,5,11H,4H2,(H,13,16)(H,14,15). The molecule has 0 atom stereocenters. The molecule has 0 aliphatic rings. The molecule has 0 unspecified atom stereocenters. The largest absolute Gasteiger partial charge is 0.477 e. The molecule has 0 amide bonds. The van der Waals surface area contributed by atoms with Gasteiger partial charge in [-0.05, 0) is 12.1 Å². The summed E-state index contributed by atoms with van der Waals surface area (Å²) in [6, 6.07) is 3.04. The van der Waals surface area contributed by atoms with Crippen molar-refractivity contribution >= 4 is 23.0 Å². The van der Waals surface area contributed by atoms with Gasteiger partial charge in [0, 0.05) is 11.1 Å². The van der Waals surface area contributed by atoms with Crippen molar-refractivity contribution in [3.05, 3.63) is 44.8 Å². The second kappa shape index (κ2) is 4.79. The maximum Gasteiger partial charge on any atom is 0.354 e. The normalized spacial score (nSPS) is 10.1. The van der Waals surface area contributed by atoms with E-state index in [1.807, 2.05) is 0 Å². The van der Waals surface area contributed by atoms with Gasteiger partial charge in [-0.25, -0.2) is 9.78 Å². The van der Waals surface area contributed by atoms with E-state index in [4.69, 9.17) is 5.11 Å². The van der Waals surface area contributed by atoms with Crippen molar-refractivity contribution in [2.24, 2.45) is 0 Å². The number of hydrogen-bond donors (Lipinski definition) is 3. The first kappa shape index (κ1) is 11.3. The van der Waals surface area contributed by atoms with E-state index in [1.54, 1.807) is 11.4 Å². The number of anilines is 1. The van der Waals surface area contributed by atoms with E-state index in [0.29, 0.717) is 12.2 Å². The number of aromatic carboxylic acids is 1. The molecule has 0 saturated heterocycles. The van der Waals surface area contributed by atoms with E-state index in [2.05, 4.69) is 15.3 Å². The Labute approximate surface area is 100.0 Å². The second-order valence-corrected chi connectivity index (χ2v) is 4.11. The molecule has 0 radical (unpaired) electrons. The van der Waals surface area contributed by atoms with Gasteiger partial charge in [-0.1, -0.05) is 11.3 Å². The minimum Gasteiger partial charge on any atom is -0.477 e. The Morgan fingerprint density at radius 2 is 2.35 bits per heavy atom. The summed E-state index contributed by atoms with van der Waals surface area (Å²) in [5.74, 6) is -1.06. The minimum atomic E-state index is -1.06. The van der Waals surface area contributed by atoms with Crippen LogP contribution in [0.2, 0.25) is 0 Å². The number of hydrogen-bond acceptors (Lipinski definition) is 5. The van der Waals surface area contributed by atoms with Crippen LogP contribution in [0.1, 0.15) is 16.2 Å². The molecule has 0 spiro atoms. The summed E-state index contributed by atoms with van der Waals surface area (Å²) in [5, 5.41) is 13.4. The average Bonchev–Trinajstić information content (AvgIpc) is 2.73. The lowest BCUT2D eigenvalue weighted by molar-refractivity contribution is 0.0690. The van der Waals surface area contributed by atoms with Crippen molar-refractivity contribution in [3.8, 4) is 0 Å². The maximum atomic E-state index is 10.9. The number of pyridine rings is 1. The number of H-pyrrole nitrogens is 1. The third kappa shape index (κ3) is 2.91. The van der Waals surface area contributed by atoms with Gasteiger partial charge in [0.05, 0.1) is 18.4 Å². The molecular formula is C10H9N3O3S. The molecule has 7 heteroatoms. The van der Waals surface area contributed by atoms with Gasteiger partial charge in [-0.3, -0.25) is 4.79 Å². The fourth-order valence-corrected chi connectivity index (χ4v) is 1.80. The summed E-state index contributed by atoms with van der Waals surface area (Å²) in [6.07, 6.45) is 1.44. The molecule has 3 N–H and O–H groups in total. The lowest BCUT2D eigenvalue weighted by atomic mass is 10.3. The predicted molar refractivity (Wildman–Crippen MR) is 63.5 cm³/mol. The zero-order valence-electron chi connectivity index (χ0n) is 8.64. The number of aromatic nitrogens is 2. The van der Waals surface area contributed by atoms with E-state index in [9.17, 15) is 9.59 Å². The number of rotatable bonds is 4. The zero-order chi connectivity index (χ0) is 12.3. The van der Waals surface area contributed by atoms with Crippen LogP contribution in [0.5, 0.6) is 0 Å². The highest BCUT2D eigenvalue weighted by Crippen LogP contribution is 2.08. The fraction of sp³-hybridized carbons (Fsp3) is 0.100. The van der Waals surface area contributed by atoms with Crippen molar-refractivity contribution < 1.29 is 9.90 Å². The predicted octanol–water partition coefficient (Wildman–Crippen LogP) is 1.14. The molecule has 0 aliphatic heterocycles. The minimum absolute atomic E-state index is 0.000472. The molecule has 0 bridgehead atoms. The number of carbonyl (C=O) groups is 1. The van der Waals surface area contributed by atoms with Gasteiger partial charge in [0.25, 0.3) is 0 Å². The van der Waals surface area contributed by atoms with Crippen LogP contribution < -0.4 is 10.2 Å². The van der Waals surface area contributed by atoms with Gasteiger partial charge >= 0.3 is 10.8 Å². The highest BCUT2D eigenvalue weighted by Gasteiger charge is 2.03. The topological polar surface area (TPSA) is 95.1 Å². The fourth-order valence-electron chi connectivity index (χ4n) is 1.22. The van der Waals surface area contributed by atoms with E-state index < -0.39 is 5.97 Å². The maximum absolute atomic E-state index is 10.9. The second-order valence-electron chi connectivity index (χ2n) is 3.26. The first-order valence-corrected chi connectivity index (χ1v) is 5.63. The smallest absolute Gasteiger partial charge is 0.354 e. The molecule has 17 heavy (non-hydrogen) atoms. The molecule has 6 nitrogen and oxygen atoms in total. The lowest BCUT2D eigenvalue weighted by Gasteiger charge is -2.03. The van der Waals surface area contributed by atoms with Crippen molar-refractivity contribution in [1.82, 2.24) is 9.97 Å². The molecule has 2 heterocycles. The van der Waals surface area contributed by atoms with Crippen LogP contribution in [0.25, 0.3) is 0 Å². The van der Waals surface area contributed by atoms with Crippen molar-refractivity contribution in [3.63, 3.8) is 0 Å². The molecule has 0 fully saturated rings. The van der Waals surface area contributed by atoms with Crippen LogP contribution >= 0.6 is 11.3 Å². The van der Waals surface area contributed by atoms with E-state index in [0.717, 1.165) is 17.0 Å². The number of thiazole rings is 1. The van der Waals surface area contributed by atoms with Crippen molar-refractivity contribution in [2.45, 2.75) is 6.54 Å². The van der Waals surface area contributed by atoms with Crippen LogP contribution in [0.15, 0.2) is 28.5 Å². The highest BCUT2D eigenvalue weighted by atomic mass is 32.1. The Kier molecular flexibility index (Phi) is 3.20. The molecule has 0 saturated carbocycles.